The van der Waals surface area contributed by atoms with Crippen LogP contribution in [-0.4, -0.2) is 16.0 Å². The van der Waals surface area contributed by atoms with Crippen LogP contribution in [0.1, 0.15) is 22.5 Å². The van der Waals surface area contributed by atoms with Gasteiger partial charge in [0.1, 0.15) is 0 Å². The Morgan fingerprint density at radius 1 is 1.03 bits per heavy atom. The van der Waals surface area contributed by atoms with Gasteiger partial charge in [0, 0.05) is 32.8 Å². The minimum absolute atomic E-state index is 0.0894. The van der Waals surface area contributed by atoms with Crippen LogP contribution in [0.15, 0.2) is 53.4 Å². The van der Waals surface area contributed by atoms with Crippen molar-refractivity contribution in [2.75, 3.05) is 5.32 Å². The van der Waals surface area contributed by atoms with Gasteiger partial charge in [0.05, 0.1) is 4.91 Å². The number of carbonyl (C=O) groups excluding carboxylic acids is 1. The third-order valence-corrected chi connectivity index (χ3v) is 6.57. The van der Waals surface area contributed by atoms with Crippen molar-refractivity contribution in [1.82, 2.24) is 9.88 Å². The number of rotatable bonds is 4. The topological polar surface area (TPSA) is 46.1 Å². The Balaban J connectivity index is 1.58. The number of hydrogen-bond acceptors (Lipinski definition) is 3. The van der Waals surface area contributed by atoms with Crippen molar-refractivity contribution in [3.63, 3.8) is 0 Å². The molecule has 1 amide bonds. The fourth-order valence-electron chi connectivity index (χ4n) is 3.52. The van der Waals surface area contributed by atoms with E-state index in [9.17, 15) is 4.79 Å². The fourth-order valence-corrected chi connectivity index (χ4v) is 4.78. The summed E-state index contributed by atoms with van der Waals surface area (Å²) in [6, 6.07) is 15.5. The molecule has 2 heterocycles. The quantitative estimate of drug-likeness (QED) is 0.451. The maximum atomic E-state index is 12.6. The molecule has 0 aliphatic carbocycles. The lowest BCUT2D eigenvalue weighted by atomic mass is 10.2. The second-order valence-electron chi connectivity index (χ2n) is 7.22. The third kappa shape index (κ3) is 4.24. The molecule has 2 N–H and O–H groups in total. The summed E-state index contributed by atoms with van der Waals surface area (Å²) in [7, 11) is 0. The molecule has 3 aromatic rings. The van der Waals surface area contributed by atoms with Crippen LogP contribution in [0.3, 0.4) is 0 Å². The number of aromatic nitrogens is 1. The lowest BCUT2D eigenvalue weighted by Crippen LogP contribution is -2.31. The fraction of sp³-hybridized carbons (Fsp3) is 0.174. The monoisotopic (exact) mass is 457 g/mol. The third-order valence-electron chi connectivity index (χ3n) is 5.06. The normalized spacial score (nSPS) is 17.4. The van der Waals surface area contributed by atoms with Crippen LogP contribution < -0.4 is 10.6 Å². The number of hydrogen-bond donors (Lipinski definition) is 2. The molecule has 4 nitrogen and oxygen atoms in total. The Morgan fingerprint density at radius 3 is 2.47 bits per heavy atom. The van der Waals surface area contributed by atoms with E-state index in [1.807, 2.05) is 55.5 Å². The average molecular weight is 458 g/mol. The number of amides is 1. The molecule has 154 valence electrons. The van der Waals surface area contributed by atoms with Crippen molar-refractivity contribution in [3.05, 3.63) is 86.0 Å². The SMILES string of the molecule is Cc1ccc(Cl)cc1NC1NC(=O)/C(=C/c2cc(C)n(-c3ccc(Cl)cc3)c2C)S1. The van der Waals surface area contributed by atoms with E-state index >= 15 is 0 Å². The van der Waals surface area contributed by atoms with Crippen molar-refractivity contribution in [3.8, 4) is 5.69 Å². The van der Waals surface area contributed by atoms with E-state index in [4.69, 9.17) is 23.2 Å². The van der Waals surface area contributed by atoms with Crippen molar-refractivity contribution in [2.45, 2.75) is 26.3 Å². The molecular formula is C23H21Cl2N3OS. The highest BCUT2D eigenvalue weighted by Crippen LogP contribution is 2.33. The van der Waals surface area contributed by atoms with Gasteiger partial charge in [-0.25, -0.2) is 0 Å². The summed E-state index contributed by atoms with van der Waals surface area (Å²) in [4.78, 5) is 13.2. The smallest absolute Gasteiger partial charge is 0.260 e. The molecule has 0 spiro atoms. The van der Waals surface area contributed by atoms with E-state index in [0.717, 1.165) is 33.9 Å². The molecule has 0 saturated carbocycles. The van der Waals surface area contributed by atoms with Crippen molar-refractivity contribution in [2.24, 2.45) is 0 Å². The number of nitrogens with zero attached hydrogens (tertiary/aromatic N) is 1. The van der Waals surface area contributed by atoms with E-state index < -0.39 is 0 Å². The van der Waals surface area contributed by atoms with Gasteiger partial charge in [-0.3, -0.25) is 4.79 Å². The summed E-state index contributed by atoms with van der Waals surface area (Å²) >= 11 is 13.6. The summed E-state index contributed by atoms with van der Waals surface area (Å²) in [5.41, 5.74) is 5.94. The van der Waals surface area contributed by atoms with E-state index in [1.54, 1.807) is 0 Å². The minimum Gasteiger partial charge on any atom is -0.356 e. The van der Waals surface area contributed by atoms with Gasteiger partial charge in [-0.2, -0.15) is 0 Å². The zero-order chi connectivity index (χ0) is 21.4. The predicted molar refractivity (Wildman–Crippen MR) is 128 cm³/mol. The summed E-state index contributed by atoms with van der Waals surface area (Å²) in [6.07, 6.45) is 1.95. The van der Waals surface area contributed by atoms with Gasteiger partial charge in [0.25, 0.3) is 5.91 Å². The summed E-state index contributed by atoms with van der Waals surface area (Å²) in [5, 5.41) is 7.68. The summed E-state index contributed by atoms with van der Waals surface area (Å²) < 4.78 is 2.16. The van der Waals surface area contributed by atoms with Gasteiger partial charge in [0.15, 0.2) is 5.50 Å². The van der Waals surface area contributed by atoms with Gasteiger partial charge in [-0.15, -0.1) is 0 Å². The molecule has 2 aromatic carbocycles. The number of carbonyl (C=O) groups is 1. The molecular weight excluding hydrogens is 437 g/mol. The molecule has 1 aliphatic rings. The minimum atomic E-state index is -0.249. The van der Waals surface area contributed by atoms with Crippen molar-refractivity contribution < 1.29 is 4.79 Å². The maximum Gasteiger partial charge on any atom is 0.260 e. The molecule has 0 radical (unpaired) electrons. The van der Waals surface area contributed by atoms with E-state index in [2.05, 4.69) is 35.1 Å². The largest absolute Gasteiger partial charge is 0.356 e. The number of anilines is 1. The van der Waals surface area contributed by atoms with Gasteiger partial charge < -0.3 is 15.2 Å². The van der Waals surface area contributed by atoms with Crippen molar-refractivity contribution in [1.29, 1.82) is 0 Å². The lowest BCUT2D eigenvalue weighted by molar-refractivity contribution is -0.116. The Hall–Kier alpha value is -2.34. The Kier molecular flexibility index (Phi) is 5.87. The highest BCUT2D eigenvalue weighted by Gasteiger charge is 2.28. The van der Waals surface area contributed by atoms with Crippen LogP contribution in [0.25, 0.3) is 11.8 Å². The van der Waals surface area contributed by atoms with Crippen LogP contribution in [0, 0.1) is 20.8 Å². The molecule has 4 rings (SSSR count). The first-order valence-corrected chi connectivity index (χ1v) is 11.1. The maximum absolute atomic E-state index is 12.6. The van der Waals surface area contributed by atoms with Crippen LogP contribution in [0.2, 0.25) is 10.0 Å². The van der Waals surface area contributed by atoms with Gasteiger partial charge in [-0.05, 0) is 80.4 Å². The molecule has 1 saturated heterocycles. The van der Waals surface area contributed by atoms with E-state index in [1.165, 1.54) is 11.8 Å². The average Bonchev–Trinajstić information content (AvgIpc) is 3.18. The highest BCUT2D eigenvalue weighted by atomic mass is 35.5. The number of nitrogens with one attached hydrogen (secondary N) is 2. The molecule has 1 aliphatic heterocycles. The van der Waals surface area contributed by atoms with Crippen molar-refractivity contribution >= 4 is 52.6 Å². The molecule has 1 unspecified atom stereocenters. The Bertz CT molecular complexity index is 1150. The molecule has 1 aromatic heterocycles. The first-order valence-electron chi connectivity index (χ1n) is 9.48. The summed E-state index contributed by atoms with van der Waals surface area (Å²) in [5.74, 6) is -0.0894. The zero-order valence-corrected chi connectivity index (χ0v) is 19.1. The number of thioether (sulfide) groups is 1. The first-order chi connectivity index (χ1) is 14.3. The Labute approximate surface area is 190 Å². The van der Waals surface area contributed by atoms with Crippen LogP contribution in [0.4, 0.5) is 5.69 Å². The molecule has 1 atom stereocenters. The lowest BCUT2D eigenvalue weighted by Gasteiger charge is -2.15. The van der Waals surface area contributed by atoms with Crippen LogP contribution in [0.5, 0.6) is 0 Å². The second-order valence-corrected chi connectivity index (χ2v) is 9.24. The van der Waals surface area contributed by atoms with E-state index in [0.29, 0.717) is 15.0 Å². The number of benzene rings is 2. The zero-order valence-electron chi connectivity index (χ0n) is 16.8. The van der Waals surface area contributed by atoms with Crippen LogP contribution in [-0.2, 0) is 4.79 Å². The van der Waals surface area contributed by atoms with Gasteiger partial charge in [0.2, 0.25) is 0 Å². The number of aryl methyl sites for hydroxylation is 2. The second kappa shape index (κ2) is 8.42. The molecule has 7 heteroatoms. The molecule has 1 fully saturated rings. The Morgan fingerprint density at radius 2 is 1.73 bits per heavy atom. The van der Waals surface area contributed by atoms with Gasteiger partial charge in [-0.1, -0.05) is 41.0 Å². The van der Waals surface area contributed by atoms with E-state index in [-0.39, 0.29) is 11.4 Å². The molecule has 0 bridgehead atoms. The number of halogens is 2. The van der Waals surface area contributed by atoms with Crippen LogP contribution >= 0.6 is 35.0 Å². The summed E-state index contributed by atoms with van der Waals surface area (Å²) in [6.45, 7) is 6.11. The molecule has 30 heavy (non-hydrogen) atoms. The highest BCUT2D eigenvalue weighted by molar-refractivity contribution is 8.05. The standard InChI is InChI=1S/C23H21Cl2N3OS/c1-13-4-5-18(25)12-20(13)26-23-27-22(29)21(30-23)11-16-10-14(2)28(15(16)3)19-8-6-17(24)7-9-19/h4-12,23,26H,1-3H3,(H,27,29)/b21-11-. The predicted octanol–water partition coefficient (Wildman–Crippen LogP) is 6.31. The van der Waals surface area contributed by atoms with Gasteiger partial charge >= 0.3 is 0 Å². The first kappa shape index (κ1) is 20.9.